The number of aryl methyl sites for hydroxylation is 1. The molecule has 0 bridgehead atoms. The van der Waals surface area contributed by atoms with Crippen molar-refractivity contribution in [1.29, 1.82) is 0 Å². The summed E-state index contributed by atoms with van der Waals surface area (Å²) in [6.45, 7) is 2.09. The molecule has 0 aliphatic carbocycles. The maximum Gasteiger partial charge on any atom is 0.312 e. The minimum absolute atomic E-state index is 0.0906. The smallest absolute Gasteiger partial charge is 0.312 e. The summed E-state index contributed by atoms with van der Waals surface area (Å²) < 4.78 is 5.05. The number of ether oxygens (including phenoxy) is 1. The maximum atomic E-state index is 12.1. The molecule has 1 heterocycles. The van der Waals surface area contributed by atoms with Crippen molar-refractivity contribution in [3.05, 3.63) is 45.9 Å². The third kappa shape index (κ3) is 5.86. The van der Waals surface area contributed by atoms with Crippen LogP contribution in [0.5, 0.6) is 0 Å². The Bertz CT molecular complexity index is 725. The van der Waals surface area contributed by atoms with E-state index in [2.05, 4.69) is 4.98 Å². The zero-order chi connectivity index (χ0) is 18.4. The molecule has 7 heteroatoms. The normalized spacial score (nSPS) is 10.4. The first-order valence-corrected chi connectivity index (χ1v) is 8.80. The van der Waals surface area contributed by atoms with Gasteiger partial charge in [-0.25, -0.2) is 4.98 Å². The van der Waals surface area contributed by atoms with Crippen LogP contribution >= 0.6 is 11.3 Å². The Labute approximate surface area is 152 Å². The fourth-order valence-corrected chi connectivity index (χ4v) is 2.81. The van der Waals surface area contributed by atoms with Crippen LogP contribution in [0, 0.1) is 6.92 Å². The number of likely N-dealkylation sites (N-methyl/N-ethyl adjacent to an activating group) is 1. The summed E-state index contributed by atoms with van der Waals surface area (Å²) in [4.78, 5) is 31.7. The number of anilines is 1. The van der Waals surface area contributed by atoms with Crippen LogP contribution in [0.1, 0.15) is 16.3 Å². The summed E-state index contributed by atoms with van der Waals surface area (Å²) in [5.74, 6) is -0.679. The average molecular weight is 361 g/mol. The molecule has 1 aromatic carbocycles. The number of carbonyl (C=O) groups excluding carboxylic acids is 2. The molecule has 0 unspecified atom stereocenters. The predicted molar refractivity (Wildman–Crippen MR) is 98.8 cm³/mol. The molecule has 1 aromatic heterocycles. The molecule has 0 atom stereocenters. The van der Waals surface area contributed by atoms with Crippen molar-refractivity contribution in [2.24, 2.45) is 0 Å². The van der Waals surface area contributed by atoms with Crippen molar-refractivity contribution in [2.45, 2.75) is 19.9 Å². The average Bonchev–Trinajstić information content (AvgIpc) is 2.97. The standard InChI is InChI=1S/C18H23N3O3S/c1-13-19-15(12-25-13)9-18(23)24-11-17(22)21(4)10-14-5-7-16(8-6-14)20(2)3/h5-8,12H,9-11H2,1-4H3. The third-order valence-corrected chi connectivity index (χ3v) is 4.47. The Hall–Kier alpha value is -2.41. The highest BCUT2D eigenvalue weighted by molar-refractivity contribution is 7.09. The Balaban J connectivity index is 1.78. The molecule has 0 aliphatic rings. The van der Waals surface area contributed by atoms with Gasteiger partial charge < -0.3 is 14.5 Å². The highest BCUT2D eigenvalue weighted by Gasteiger charge is 2.14. The van der Waals surface area contributed by atoms with Crippen LogP contribution in [0.25, 0.3) is 0 Å². The summed E-state index contributed by atoms with van der Waals surface area (Å²) in [6, 6.07) is 7.97. The Morgan fingerprint density at radius 1 is 1.16 bits per heavy atom. The van der Waals surface area contributed by atoms with E-state index in [4.69, 9.17) is 4.74 Å². The summed E-state index contributed by atoms with van der Waals surface area (Å²) in [5.41, 5.74) is 2.80. The lowest BCUT2D eigenvalue weighted by molar-refractivity contribution is -0.151. The molecular formula is C18H23N3O3S. The molecular weight excluding hydrogens is 338 g/mol. The quantitative estimate of drug-likeness (QED) is 0.708. The largest absolute Gasteiger partial charge is 0.455 e. The number of thiazole rings is 1. The lowest BCUT2D eigenvalue weighted by atomic mass is 10.2. The highest BCUT2D eigenvalue weighted by atomic mass is 32.1. The summed E-state index contributed by atoms with van der Waals surface area (Å²) in [5, 5.41) is 2.72. The van der Waals surface area contributed by atoms with Gasteiger partial charge in [-0.05, 0) is 24.6 Å². The molecule has 1 amide bonds. The second-order valence-corrected chi connectivity index (χ2v) is 7.07. The monoisotopic (exact) mass is 361 g/mol. The molecule has 2 rings (SSSR count). The van der Waals surface area contributed by atoms with E-state index in [0.717, 1.165) is 16.3 Å². The Morgan fingerprint density at radius 3 is 2.40 bits per heavy atom. The molecule has 0 fully saturated rings. The molecule has 6 nitrogen and oxygen atoms in total. The molecule has 0 radical (unpaired) electrons. The highest BCUT2D eigenvalue weighted by Crippen LogP contribution is 2.13. The summed E-state index contributed by atoms with van der Waals surface area (Å²) >= 11 is 1.48. The number of aromatic nitrogens is 1. The van der Waals surface area contributed by atoms with Gasteiger partial charge in [0.1, 0.15) is 0 Å². The minimum atomic E-state index is -0.442. The van der Waals surface area contributed by atoms with Gasteiger partial charge >= 0.3 is 5.97 Å². The first-order chi connectivity index (χ1) is 11.8. The van der Waals surface area contributed by atoms with Crippen LogP contribution < -0.4 is 4.90 Å². The number of amides is 1. The van der Waals surface area contributed by atoms with E-state index in [-0.39, 0.29) is 18.9 Å². The van der Waals surface area contributed by atoms with Crippen molar-refractivity contribution in [3.8, 4) is 0 Å². The maximum absolute atomic E-state index is 12.1. The number of benzene rings is 1. The molecule has 0 spiro atoms. The van der Waals surface area contributed by atoms with Gasteiger partial charge in [0.15, 0.2) is 6.61 Å². The fraction of sp³-hybridized carbons (Fsp3) is 0.389. The molecule has 0 saturated carbocycles. The van der Waals surface area contributed by atoms with E-state index in [1.54, 1.807) is 11.9 Å². The van der Waals surface area contributed by atoms with E-state index in [9.17, 15) is 9.59 Å². The SMILES string of the molecule is Cc1nc(CC(=O)OCC(=O)N(C)Cc2ccc(N(C)C)cc2)cs1. The summed E-state index contributed by atoms with van der Waals surface area (Å²) in [6.07, 6.45) is 0.0906. The first kappa shape index (κ1) is 18.9. The van der Waals surface area contributed by atoms with Gasteiger partial charge in [-0.1, -0.05) is 12.1 Å². The van der Waals surface area contributed by atoms with Gasteiger partial charge in [-0.3, -0.25) is 9.59 Å². The van der Waals surface area contributed by atoms with E-state index >= 15 is 0 Å². The van der Waals surface area contributed by atoms with Crippen molar-refractivity contribution in [2.75, 3.05) is 32.6 Å². The second kappa shape index (κ2) is 8.62. The first-order valence-electron chi connectivity index (χ1n) is 7.92. The number of rotatable bonds is 7. The van der Waals surface area contributed by atoms with Gasteiger partial charge in [-0.2, -0.15) is 0 Å². The van der Waals surface area contributed by atoms with Crippen molar-refractivity contribution in [1.82, 2.24) is 9.88 Å². The van der Waals surface area contributed by atoms with Crippen molar-refractivity contribution < 1.29 is 14.3 Å². The van der Waals surface area contributed by atoms with Crippen molar-refractivity contribution in [3.63, 3.8) is 0 Å². The van der Waals surface area contributed by atoms with E-state index < -0.39 is 5.97 Å². The van der Waals surface area contributed by atoms with E-state index in [1.165, 1.54) is 11.3 Å². The topological polar surface area (TPSA) is 62.7 Å². The minimum Gasteiger partial charge on any atom is -0.455 e. The lowest BCUT2D eigenvalue weighted by Gasteiger charge is -2.18. The zero-order valence-corrected chi connectivity index (χ0v) is 15.8. The van der Waals surface area contributed by atoms with Crippen LogP contribution in [0.3, 0.4) is 0 Å². The van der Waals surface area contributed by atoms with E-state index in [1.807, 2.05) is 55.6 Å². The third-order valence-electron chi connectivity index (χ3n) is 3.65. The van der Waals surface area contributed by atoms with Gasteiger partial charge in [0.2, 0.25) is 0 Å². The molecule has 25 heavy (non-hydrogen) atoms. The zero-order valence-electron chi connectivity index (χ0n) is 15.0. The van der Waals surface area contributed by atoms with Crippen molar-refractivity contribution >= 4 is 28.9 Å². The van der Waals surface area contributed by atoms with Crippen LogP contribution in [0.15, 0.2) is 29.6 Å². The van der Waals surface area contributed by atoms with Crippen LogP contribution in [-0.4, -0.2) is 49.5 Å². The predicted octanol–water partition coefficient (Wildman–Crippen LogP) is 2.26. The van der Waals surface area contributed by atoms with Crippen LogP contribution in [0.2, 0.25) is 0 Å². The number of hydrogen-bond donors (Lipinski definition) is 0. The number of hydrogen-bond acceptors (Lipinski definition) is 6. The Morgan fingerprint density at radius 2 is 1.84 bits per heavy atom. The number of nitrogens with zero attached hydrogens (tertiary/aromatic N) is 3. The molecule has 2 aromatic rings. The fourth-order valence-electron chi connectivity index (χ4n) is 2.20. The Kier molecular flexibility index (Phi) is 6.52. The second-order valence-electron chi connectivity index (χ2n) is 6.01. The lowest BCUT2D eigenvalue weighted by Crippen LogP contribution is -2.31. The molecule has 0 aliphatic heterocycles. The van der Waals surface area contributed by atoms with Crippen LogP contribution in [-0.2, 0) is 27.3 Å². The number of esters is 1. The molecule has 0 N–H and O–H groups in total. The molecule has 134 valence electrons. The molecule has 0 saturated heterocycles. The van der Waals surface area contributed by atoms with Gasteiger partial charge in [0.25, 0.3) is 5.91 Å². The number of carbonyl (C=O) groups is 2. The van der Waals surface area contributed by atoms with Gasteiger partial charge in [-0.15, -0.1) is 11.3 Å². The van der Waals surface area contributed by atoms with Crippen LogP contribution in [0.4, 0.5) is 5.69 Å². The van der Waals surface area contributed by atoms with Gasteiger partial charge in [0.05, 0.1) is 17.1 Å². The van der Waals surface area contributed by atoms with E-state index in [0.29, 0.717) is 12.2 Å². The van der Waals surface area contributed by atoms with Gasteiger partial charge in [0, 0.05) is 38.8 Å². The summed E-state index contributed by atoms with van der Waals surface area (Å²) in [7, 11) is 5.65.